The van der Waals surface area contributed by atoms with E-state index in [2.05, 4.69) is 31.5 Å². The van der Waals surface area contributed by atoms with Gasteiger partial charge in [-0.3, -0.25) is 9.59 Å². The quantitative estimate of drug-likeness (QED) is 0.692. The van der Waals surface area contributed by atoms with Gasteiger partial charge in [0, 0.05) is 17.6 Å². The van der Waals surface area contributed by atoms with Gasteiger partial charge < -0.3 is 26.0 Å². The maximum atomic E-state index is 12.0. The molecule has 8 heteroatoms. The number of nitrogens with one attached hydrogen (secondary N) is 2. The molecular formula is C14H19BrN4O3. The number of hydrogen-bond donors (Lipinski definition) is 3. The van der Waals surface area contributed by atoms with Crippen molar-refractivity contribution in [2.75, 3.05) is 49.6 Å². The van der Waals surface area contributed by atoms with E-state index >= 15 is 0 Å². The first-order valence-electron chi connectivity index (χ1n) is 6.99. The minimum Gasteiger partial charge on any atom is -0.378 e. The van der Waals surface area contributed by atoms with E-state index in [9.17, 15) is 9.59 Å². The van der Waals surface area contributed by atoms with E-state index < -0.39 is 0 Å². The summed E-state index contributed by atoms with van der Waals surface area (Å²) in [5, 5.41) is 5.27. The van der Waals surface area contributed by atoms with Crippen LogP contribution in [0.2, 0.25) is 0 Å². The van der Waals surface area contributed by atoms with Gasteiger partial charge in [-0.05, 0) is 18.2 Å². The number of ether oxygens (including phenoxy) is 1. The van der Waals surface area contributed by atoms with Crippen molar-refractivity contribution in [3.05, 3.63) is 22.7 Å². The van der Waals surface area contributed by atoms with Gasteiger partial charge >= 0.3 is 0 Å². The fraction of sp³-hybridized carbons (Fsp3) is 0.429. The van der Waals surface area contributed by atoms with Gasteiger partial charge in [0.1, 0.15) is 0 Å². The van der Waals surface area contributed by atoms with E-state index in [4.69, 9.17) is 10.5 Å². The molecule has 0 saturated carbocycles. The molecule has 4 N–H and O–H groups in total. The number of morpholine rings is 1. The van der Waals surface area contributed by atoms with Gasteiger partial charge in [0.05, 0.1) is 37.7 Å². The molecule has 1 fully saturated rings. The molecular weight excluding hydrogens is 352 g/mol. The Labute approximate surface area is 137 Å². The first kappa shape index (κ1) is 16.7. The Morgan fingerprint density at radius 2 is 2.00 bits per heavy atom. The fourth-order valence-corrected chi connectivity index (χ4v) is 2.49. The average molecular weight is 371 g/mol. The Hall–Kier alpha value is -1.64. The van der Waals surface area contributed by atoms with Crippen molar-refractivity contribution in [1.82, 2.24) is 5.32 Å². The number of nitrogens with zero attached hydrogens (tertiary/aromatic N) is 1. The molecule has 0 aromatic heterocycles. The number of benzene rings is 1. The summed E-state index contributed by atoms with van der Waals surface area (Å²) >= 11 is 3.40. The fourth-order valence-electron chi connectivity index (χ4n) is 2.13. The highest BCUT2D eigenvalue weighted by atomic mass is 79.9. The van der Waals surface area contributed by atoms with Crippen molar-refractivity contribution < 1.29 is 14.3 Å². The van der Waals surface area contributed by atoms with E-state index in [0.717, 1.165) is 23.2 Å². The lowest BCUT2D eigenvalue weighted by Crippen LogP contribution is -2.38. The molecule has 1 saturated heterocycles. The second kappa shape index (κ2) is 8.11. The zero-order valence-electron chi connectivity index (χ0n) is 12.1. The van der Waals surface area contributed by atoms with Crippen LogP contribution >= 0.6 is 15.9 Å². The van der Waals surface area contributed by atoms with E-state index in [1.165, 1.54) is 0 Å². The van der Waals surface area contributed by atoms with Gasteiger partial charge in [-0.1, -0.05) is 15.9 Å². The molecule has 0 bridgehead atoms. The van der Waals surface area contributed by atoms with Crippen molar-refractivity contribution in [2.24, 2.45) is 5.73 Å². The monoisotopic (exact) mass is 370 g/mol. The molecule has 1 aliphatic rings. The summed E-state index contributed by atoms with van der Waals surface area (Å²) in [6, 6.07) is 5.72. The lowest BCUT2D eigenvalue weighted by atomic mass is 10.2. The van der Waals surface area contributed by atoms with Crippen LogP contribution in [0.25, 0.3) is 0 Å². The minimum absolute atomic E-state index is 0.106. The highest BCUT2D eigenvalue weighted by molar-refractivity contribution is 9.10. The molecule has 1 aromatic rings. The Bertz CT molecular complexity index is 547. The minimum atomic E-state index is -0.363. The summed E-state index contributed by atoms with van der Waals surface area (Å²) in [7, 11) is 0. The second-order valence-electron chi connectivity index (χ2n) is 4.79. The molecule has 1 aromatic carbocycles. The third kappa shape index (κ3) is 4.69. The van der Waals surface area contributed by atoms with E-state index in [1.807, 2.05) is 18.2 Å². The predicted octanol–water partition coefficient (Wildman–Crippen LogP) is 0.299. The van der Waals surface area contributed by atoms with Gasteiger partial charge in [-0.15, -0.1) is 0 Å². The van der Waals surface area contributed by atoms with Crippen LogP contribution in [0.5, 0.6) is 0 Å². The van der Waals surface area contributed by atoms with Crippen molar-refractivity contribution >= 4 is 39.1 Å². The van der Waals surface area contributed by atoms with Crippen LogP contribution in [0.1, 0.15) is 0 Å². The first-order valence-corrected chi connectivity index (χ1v) is 7.78. The lowest BCUT2D eigenvalue weighted by molar-refractivity contribution is -0.123. The van der Waals surface area contributed by atoms with Crippen LogP contribution in [-0.2, 0) is 14.3 Å². The molecule has 7 nitrogen and oxygen atoms in total. The summed E-state index contributed by atoms with van der Waals surface area (Å²) < 4.78 is 6.21. The standard InChI is InChI=1S/C14H19BrN4O3/c15-10-1-2-12(19-3-5-22-6-4-19)11(7-10)18-14(21)9-17-13(20)8-16/h1-2,7H,3-6,8-9,16H2,(H,17,20)(H,18,21). The molecule has 120 valence electrons. The van der Waals surface area contributed by atoms with E-state index in [0.29, 0.717) is 18.9 Å². The van der Waals surface area contributed by atoms with E-state index in [1.54, 1.807) is 0 Å². The summed E-state index contributed by atoms with van der Waals surface area (Å²) in [5.74, 6) is -0.660. The SMILES string of the molecule is NCC(=O)NCC(=O)Nc1cc(Br)ccc1N1CCOCC1. The van der Waals surface area contributed by atoms with Gasteiger partial charge in [-0.2, -0.15) is 0 Å². The van der Waals surface area contributed by atoms with Crippen molar-refractivity contribution in [2.45, 2.75) is 0 Å². The van der Waals surface area contributed by atoms with Gasteiger partial charge in [-0.25, -0.2) is 0 Å². The Morgan fingerprint density at radius 3 is 2.68 bits per heavy atom. The molecule has 2 amide bonds. The molecule has 1 aliphatic heterocycles. The zero-order valence-corrected chi connectivity index (χ0v) is 13.7. The van der Waals surface area contributed by atoms with Crippen LogP contribution in [0.15, 0.2) is 22.7 Å². The third-order valence-corrected chi connectivity index (χ3v) is 3.71. The maximum absolute atomic E-state index is 12.0. The number of amides is 2. The smallest absolute Gasteiger partial charge is 0.243 e. The largest absolute Gasteiger partial charge is 0.378 e. The third-order valence-electron chi connectivity index (χ3n) is 3.22. The van der Waals surface area contributed by atoms with Crippen LogP contribution in [0, 0.1) is 0 Å². The Balaban J connectivity index is 2.06. The summed E-state index contributed by atoms with van der Waals surface area (Å²) in [4.78, 5) is 25.2. The van der Waals surface area contributed by atoms with Crippen molar-refractivity contribution in [3.8, 4) is 0 Å². The summed E-state index contributed by atoms with van der Waals surface area (Å²) in [6.45, 7) is 2.63. The Morgan fingerprint density at radius 1 is 1.27 bits per heavy atom. The number of carbonyl (C=O) groups excluding carboxylic acids is 2. The molecule has 0 spiro atoms. The van der Waals surface area contributed by atoms with Crippen LogP contribution < -0.4 is 21.3 Å². The number of anilines is 2. The molecule has 0 unspecified atom stereocenters. The normalized spacial score (nSPS) is 14.5. The number of halogens is 1. The summed E-state index contributed by atoms with van der Waals surface area (Å²) in [5.41, 5.74) is 6.82. The van der Waals surface area contributed by atoms with Crippen LogP contribution in [0.3, 0.4) is 0 Å². The molecule has 1 heterocycles. The first-order chi connectivity index (χ1) is 10.6. The highest BCUT2D eigenvalue weighted by Gasteiger charge is 2.16. The van der Waals surface area contributed by atoms with E-state index in [-0.39, 0.29) is 24.9 Å². The highest BCUT2D eigenvalue weighted by Crippen LogP contribution is 2.29. The number of nitrogens with two attached hydrogens (primary N) is 1. The number of hydrogen-bond acceptors (Lipinski definition) is 5. The Kier molecular flexibility index (Phi) is 6.17. The van der Waals surface area contributed by atoms with Gasteiger partial charge in [0.25, 0.3) is 0 Å². The number of rotatable bonds is 5. The number of carbonyl (C=O) groups is 2. The molecule has 0 atom stereocenters. The summed E-state index contributed by atoms with van der Waals surface area (Å²) in [6.07, 6.45) is 0. The lowest BCUT2D eigenvalue weighted by Gasteiger charge is -2.30. The van der Waals surface area contributed by atoms with Crippen LogP contribution in [0.4, 0.5) is 11.4 Å². The predicted molar refractivity (Wildman–Crippen MR) is 87.9 cm³/mol. The molecule has 0 radical (unpaired) electrons. The van der Waals surface area contributed by atoms with Gasteiger partial charge in [0.2, 0.25) is 11.8 Å². The van der Waals surface area contributed by atoms with Crippen molar-refractivity contribution in [3.63, 3.8) is 0 Å². The van der Waals surface area contributed by atoms with Crippen LogP contribution in [-0.4, -0.2) is 51.2 Å². The van der Waals surface area contributed by atoms with Gasteiger partial charge in [0.15, 0.2) is 0 Å². The zero-order chi connectivity index (χ0) is 15.9. The topological polar surface area (TPSA) is 96.7 Å². The van der Waals surface area contributed by atoms with Crippen molar-refractivity contribution in [1.29, 1.82) is 0 Å². The maximum Gasteiger partial charge on any atom is 0.243 e. The average Bonchev–Trinajstić information content (AvgIpc) is 2.53. The molecule has 2 rings (SSSR count). The second-order valence-corrected chi connectivity index (χ2v) is 5.71. The molecule has 0 aliphatic carbocycles. The molecule has 22 heavy (non-hydrogen) atoms.